The topological polar surface area (TPSA) is 54.2 Å². The number of piperidine rings is 1. The van der Waals surface area contributed by atoms with Gasteiger partial charge in [-0.15, -0.1) is 0 Å². The molecular weight excluding hydrogens is 400 g/mol. The predicted molar refractivity (Wildman–Crippen MR) is 108 cm³/mol. The molecule has 2 aromatic rings. The fraction of sp³-hybridized carbons (Fsp3) is 0.333. The van der Waals surface area contributed by atoms with Crippen molar-refractivity contribution in [2.45, 2.75) is 24.8 Å². The normalized spacial score (nSPS) is 20.0. The highest BCUT2D eigenvalue weighted by molar-refractivity contribution is 5.82. The van der Waals surface area contributed by atoms with Gasteiger partial charge in [0.15, 0.2) is 0 Å². The van der Waals surface area contributed by atoms with Crippen LogP contribution in [0, 0.1) is 0 Å². The van der Waals surface area contributed by atoms with Gasteiger partial charge in [-0.25, -0.2) is 14.4 Å². The molecule has 0 aromatic carbocycles. The molecule has 1 aliphatic heterocycles. The van der Waals surface area contributed by atoms with Crippen LogP contribution in [0.3, 0.4) is 0 Å². The quantitative estimate of drug-likeness (QED) is 0.692. The van der Waals surface area contributed by atoms with E-state index in [0.29, 0.717) is 18.5 Å². The first kappa shape index (κ1) is 21.8. The van der Waals surface area contributed by atoms with E-state index < -0.39 is 29.7 Å². The van der Waals surface area contributed by atoms with E-state index in [2.05, 4.69) is 35.0 Å². The Morgan fingerprint density at radius 3 is 2.67 bits per heavy atom. The Hall–Kier alpha value is -2.94. The third-order valence-electron chi connectivity index (χ3n) is 4.97. The van der Waals surface area contributed by atoms with Crippen LogP contribution >= 0.6 is 0 Å². The lowest BCUT2D eigenvalue weighted by Crippen LogP contribution is -2.48. The van der Waals surface area contributed by atoms with Crippen molar-refractivity contribution in [2.24, 2.45) is 0 Å². The van der Waals surface area contributed by atoms with Crippen LogP contribution in [-0.4, -0.2) is 53.4 Å². The zero-order chi connectivity index (χ0) is 22.1. The van der Waals surface area contributed by atoms with E-state index in [9.17, 15) is 17.6 Å². The van der Waals surface area contributed by atoms with E-state index in [4.69, 9.17) is 4.42 Å². The molecule has 2 aromatic heterocycles. The Kier molecular flexibility index (Phi) is 6.12. The average Bonchev–Trinajstić information content (AvgIpc) is 3.22. The van der Waals surface area contributed by atoms with E-state index in [1.165, 1.54) is 24.6 Å². The number of allylic oxidation sites excluding steroid dienone is 1. The molecule has 30 heavy (non-hydrogen) atoms. The highest BCUT2D eigenvalue weighted by atomic mass is 19.4. The van der Waals surface area contributed by atoms with Gasteiger partial charge in [0.2, 0.25) is 5.89 Å². The van der Waals surface area contributed by atoms with E-state index in [0.717, 1.165) is 0 Å². The molecule has 3 rings (SSSR count). The molecule has 1 fully saturated rings. The molecule has 1 saturated heterocycles. The van der Waals surface area contributed by atoms with Crippen molar-refractivity contribution in [2.75, 3.05) is 20.1 Å². The van der Waals surface area contributed by atoms with Gasteiger partial charge in [-0.1, -0.05) is 25.8 Å². The Morgan fingerprint density at radius 2 is 2.10 bits per heavy atom. The van der Waals surface area contributed by atoms with Crippen LogP contribution < -0.4 is 5.32 Å². The molecular formula is C21H22F4N4O. The summed E-state index contributed by atoms with van der Waals surface area (Å²) in [5.41, 5.74) is -0.834. The van der Waals surface area contributed by atoms with Gasteiger partial charge in [0.05, 0.1) is 23.5 Å². The monoisotopic (exact) mass is 422 g/mol. The van der Waals surface area contributed by atoms with Crippen LogP contribution in [0.5, 0.6) is 0 Å². The van der Waals surface area contributed by atoms with E-state index >= 15 is 0 Å². The maximum absolute atomic E-state index is 14.5. The summed E-state index contributed by atoms with van der Waals surface area (Å²) in [6.45, 7) is 11.7. The fourth-order valence-electron chi connectivity index (χ4n) is 3.36. The second-order valence-electron chi connectivity index (χ2n) is 7.13. The summed E-state index contributed by atoms with van der Waals surface area (Å²) in [6, 6.07) is 0.979. The minimum atomic E-state index is -4.70. The molecule has 9 heteroatoms. The number of nitrogens with one attached hydrogen (secondary N) is 1. The summed E-state index contributed by atoms with van der Waals surface area (Å²) in [6.07, 6.45) is -1.43. The van der Waals surface area contributed by atoms with Crippen molar-refractivity contribution in [3.05, 3.63) is 55.1 Å². The second-order valence-corrected chi connectivity index (χ2v) is 7.13. The van der Waals surface area contributed by atoms with E-state index in [-0.39, 0.29) is 29.4 Å². The number of alkyl halides is 4. The van der Waals surface area contributed by atoms with Crippen molar-refractivity contribution in [1.82, 2.24) is 20.2 Å². The summed E-state index contributed by atoms with van der Waals surface area (Å²) in [4.78, 5) is 9.90. The maximum atomic E-state index is 14.5. The molecule has 0 radical (unpaired) electrons. The molecule has 160 valence electrons. The van der Waals surface area contributed by atoms with Gasteiger partial charge in [-0.2, -0.15) is 13.2 Å². The van der Waals surface area contributed by atoms with Crippen molar-refractivity contribution in [3.63, 3.8) is 0 Å². The van der Waals surface area contributed by atoms with Gasteiger partial charge in [0.25, 0.3) is 0 Å². The third-order valence-corrected chi connectivity index (χ3v) is 4.97. The number of rotatable bonds is 6. The first-order valence-electron chi connectivity index (χ1n) is 9.24. The molecule has 0 bridgehead atoms. The highest BCUT2D eigenvalue weighted by Crippen LogP contribution is 2.37. The summed E-state index contributed by atoms with van der Waals surface area (Å²) in [5, 5.41) is 3.02. The molecule has 0 aliphatic carbocycles. The number of hydrogen-bond acceptors (Lipinski definition) is 5. The number of pyridine rings is 1. The molecule has 2 unspecified atom stereocenters. The second kappa shape index (κ2) is 8.43. The molecule has 0 spiro atoms. The lowest BCUT2D eigenvalue weighted by atomic mass is 9.96. The van der Waals surface area contributed by atoms with Gasteiger partial charge in [0, 0.05) is 29.9 Å². The summed E-state index contributed by atoms with van der Waals surface area (Å²) < 4.78 is 59.9. The minimum absolute atomic E-state index is 0.0403. The van der Waals surface area contributed by atoms with Crippen LogP contribution in [0.4, 0.5) is 17.6 Å². The molecule has 2 atom stereocenters. The van der Waals surface area contributed by atoms with Gasteiger partial charge in [0.1, 0.15) is 18.1 Å². The molecule has 1 N–H and O–H groups in total. The zero-order valence-electron chi connectivity index (χ0n) is 16.5. The Morgan fingerprint density at radius 1 is 1.37 bits per heavy atom. The molecule has 3 heterocycles. The maximum Gasteiger partial charge on any atom is 0.417 e. The number of oxazole rings is 1. The first-order valence-corrected chi connectivity index (χ1v) is 9.24. The van der Waals surface area contributed by atoms with Gasteiger partial charge < -0.3 is 14.6 Å². The van der Waals surface area contributed by atoms with Crippen molar-refractivity contribution < 1.29 is 22.0 Å². The standard InChI is InChI=1S/C21H22F4N4O/c1-5-14-15(13(3)27-17-6-8-29(4)11-16(17)22)10-18(20-26-7-9-30-20)28-19(14)12(2)21(23,24)25/h5,7,9-10,16-17,27H,1-3,6,8,11H2,4H3. The lowest BCUT2D eigenvalue weighted by Gasteiger charge is -2.34. The number of halogens is 4. The van der Waals surface area contributed by atoms with Gasteiger partial charge in [-0.05, 0) is 19.5 Å². The number of hydrogen-bond donors (Lipinski definition) is 1. The van der Waals surface area contributed by atoms with Crippen LogP contribution in [0.1, 0.15) is 23.2 Å². The zero-order valence-corrected chi connectivity index (χ0v) is 16.5. The van der Waals surface area contributed by atoms with E-state index in [1.54, 1.807) is 0 Å². The SMILES string of the molecule is C=Cc1c(C(=C)NC2CCN(C)CC2F)cc(-c2ncco2)nc1C(=C)C(F)(F)F. The summed E-state index contributed by atoms with van der Waals surface area (Å²) in [5.74, 6) is 0.0403. The Bertz CT molecular complexity index is 953. The smallest absolute Gasteiger partial charge is 0.417 e. The highest BCUT2D eigenvalue weighted by Gasteiger charge is 2.36. The van der Waals surface area contributed by atoms with Gasteiger partial charge >= 0.3 is 6.18 Å². The predicted octanol–water partition coefficient (Wildman–Crippen LogP) is 4.56. The summed E-state index contributed by atoms with van der Waals surface area (Å²) in [7, 11) is 1.83. The van der Waals surface area contributed by atoms with Crippen LogP contribution in [0.25, 0.3) is 28.9 Å². The third kappa shape index (κ3) is 4.46. The van der Waals surface area contributed by atoms with Crippen molar-refractivity contribution in [3.8, 4) is 11.6 Å². The number of likely N-dealkylation sites (tertiary alicyclic amines) is 1. The number of aromatic nitrogens is 2. The first-order chi connectivity index (χ1) is 14.1. The Balaban J connectivity index is 2.05. The van der Waals surface area contributed by atoms with Crippen LogP contribution in [-0.2, 0) is 0 Å². The average molecular weight is 422 g/mol. The van der Waals surface area contributed by atoms with Crippen molar-refractivity contribution >= 4 is 17.3 Å². The fourth-order valence-corrected chi connectivity index (χ4v) is 3.36. The molecule has 1 aliphatic rings. The number of nitrogens with zero attached hydrogens (tertiary/aromatic N) is 3. The summed E-state index contributed by atoms with van der Waals surface area (Å²) >= 11 is 0. The Labute approximate surface area is 171 Å². The largest absolute Gasteiger partial charge is 0.443 e. The van der Waals surface area contributed by atoms with E-state index in [1.807, 2.05) is 11.9 Å². The minimum Gasteiger partial charge on any atom is -0.443 e. The molecule has 0 amide bonds. The molecule has 5 nitrogen and oxygen atoms in total. The van der Waals surface area contributed by atoms with Crippen LogP contribution in [0.15, 0.2) is 42.7 Å². The van der Waals surface area contributed by atoms with Gasteiger partial charge in [-0.3, -0.25) is 0 Å². The lowest BCUT2D eigenvalue weighted by molar-refractivity contribution is -0.0689. The molecule has 0 saturated carbocycles. The van der Waals surface area contributed by atoms with Crippen LogP contribution in [0.2, 0.25) is 0 Å². The van der Waals surface area contributed by atoms with Crippen molar-refractivity contribution in [1.29, 1.82) is 0 Å².